The van der Waals surface area contributed by atoms with Crippen molar-refractivity contribution in [2.75, 3.05) is 7.11 Å². The number of nitrogens with one attached hydrogen (secondary N) is 2. The Labute approximate surface area is 225 Å². The molecule has 14 heteroatoms. The van der Waals surface area contributed by atoms with Crippen LogP contribution in [0, 0.1) is 17.6 Å². The topological polar surface area (TPSA) is 131 Å². The fourth-order valence-electron chi connectivity index (χ4n) is 3.61. The van der Waals surface area contributed by atoms with Crippen LogP contribution in [0.2, 0.25) is 0 Å². The SMILES string of the molecule is COC(=O)C(NC(=S)N(NC(=O)OC(C)(C)C)[C@H](C)[C@](O)(Cn1cncn1)c1ccc(F)cc1F)C(C)C. The summed E-state index contributed by atoms with van der Waals surface area (Å²) in [5.74, 6) is -2.79. The molecule has 38 heavy (non-hydrogen) atoms. The number of carbonyl (C=O) groups is 2. The third-order valence-electron chi connectivity index (χ3n) is 5.58. The molecular formula is C24H34F2N6O5S. The second-order valence-corrected chi connectivity index (χ2v) is 10.4. The molecule has 1 aromatic carbocycles. The number of nitrogens with zero attached hydrogens (tertiary/aromatic N) is 4. The minimum Gasteiger partial charge on any atom is -0.467 e. The highest BCUT2D eigenvalue weighted by atomic mass is 32.1. The summed E-state index contributed by atoms with van der Waals surface area (Å²) in [5, 5.41) is 19.7. The Morgan fingerprint density at radius 3 is 2.39 bits per heavy atom. The van der Waals surface area contributed by atoms with Crippen molar-refractivity contribution in [1.29, 1.82) is 0 Å². The molecule has 2 aromatic rings. The van der Waals surface area contributed by atoms with Crippen LogP contribution < -0.4 is 10.7 Å². The molecular weight excluding hydrogens is 522 g/mol. The highest BCUT2D eigenvalue weighted by Crippen LogP contribution is 2.32. The molecule has 2 rings (SSSR count). The number of thiocarbonyl (C=S) groups is 1. The first kappa shape index (κ1) is 30.8. The van der Waals surface area contributed by atoms with Crippen LogP contribution in [-0.2, 0) is 26.4 Å². The number of hydrogen-bond donors (Lipinski definition) is 3. The number of halogens is 2. The summed E-state index contributed by atoms with van der Waals surface area (Å²) < 4.78 is 40.3. The van der Waals surface area contributed by atoms with Crippen molar-refractivity contribution in [1.82, 2.24) is 30.5 Å². The molecule has 0 saturated carbocycles. The van der Waals surface area contributed by atoms with Crippen molar-refractivity contribution in [3.63, 3.8) is 0 Å². The van der Waals surface area contributed by atoms with E-state index in [4.69, 9.17) is 21.7 Å². The lowest BCUT2D eigenvalue weighted by molar-refractivity contribution is -0.143. The maximum Gasteiger partial charge on any atom is 0.426 e. The average molecular weight is 557 g/mol. The third kappa shape index (κ3) is 7.81. The minimum atomic E-state index is -2.18. The molecule has 1 heterocycles. The van der Waals surface area contributed by atoms with Crippen LogP contribution in [0.15, 0.2) is 30.9 Å². The molecule has 0 aliphatic carbocycles. The fraction of sp³-hybridized carbons (Fsp3) is 0.542. The lowest BCUT2D eigenvalue weighted by Gasteiger charge is -2.42. The second-order valence-electron chi connectivity index (χ2n) is 10.00. The van der Waals surface area contributed by atoms with Crippen LogP contribution >= 0.6 is 12.2 Å². The monoisotopic (exact) mass is 556 g/mol. The molecule has 0 saturated heterocycles. The number of carbonyl (C=O) groups excluding carboxylic acids is 2. The maximum atomic E-state index is 15.1. The summed E-state index contributed by atoms with van der Waals surface area (Å²) in [6.45, 7) is 9.54. The van der Waals surface area contributed by atoms with Gasteiger partial charge in [-0.3, -0.25) is 5.01 Å². The van der Waals surface area contributed by atoms with E-state index in [2.05, 4.69) is 20.8 Å². The van der Waals surface area contributed by atoms with Crippen molar-refractivity contribution in [3.05, 3.63) is 48.1 Å². The van der Waals surface area contributed by atoms with Gasteiger partial charge in [-0.15, -0.1) is 0 Å². The van der Waals surface area contributed by atoms with Crippen molar-refractivity contribution in [3.8, 4) is 0 Å². The van der Waals surface area contributed by atoms with Crippen LogP contribution in [0.25, 0.3) is 0 Å². The number of hydrazine groups is 1. The first-order valence-corrected chi connectivity index (χ1v) is 12.2. The molecule has 1 unspecified atom stereocenters. The molecule has 1 amide bonds. The van der Waals surface area contributed by atoms with E-state index in [1.165, 1.54) is 31.4 Å². The Morgan fingerprint density at radius 1 is 1.24 bits per heavy atom. The number of ether oxygens (including phenoxy) is 2. The van der Waals surface area contributed by atoms with Crippen molar-refractivity contribution in [2.24, 2.45) is 5.92 Å². The zero-order valence-corrected chi connectivity index (χ0v) is 23.2. The summed E-state index contributed by atoms with van der Waals surface area (Å²) in [4.78, 5) is 29.0. The Hall–Kier alpha value is -3.39. The van der Waals surface area contributed by atoms with Gasteiger partial charge in [0.25, 0.3) is 0 Å². The van der Waals surface area contributed by atoms with Crippen LogP contribution in [0.5, 0.6) is 0 Å². The summed E-state index contributed by atoms with van der Waals surface area (Å²) in [6.07, 6.45) is 1.58. The molecule has 1 aromatic heterocycles. The van der Waals surface area contributed by atoms with E-state index in [1.54, 1.807) is 34.6 Å². The zero-order chi connectivity index (χ0) is 28.8. The Kier molecular flexibility index (Phi) is 10.1. The standard InChI is InChI=1S/C24H34F2N6O5S/c1-14(2)19(20(33)36-7)29-21(38)32(30-22(34)37-23(4,5)6)15(3)24(35,11-31-13-27-12-28-31)17-9-8-16(25)10-18(17)26/h8-10,12-15,19,35H,11H2,1-7H3,(H,29,38)(H,30,34)/t15-,19?,24-/m1/s1. The first-order chi connectivity index (χ1) is 17.6. The molecule has 3 atom stereocenters. The normalized spacial score (nSPS) is 14.7. The number of rotatable bonds is 8. The zero-order valence-electron chi connectivity index (χ0n) is 22.4. The Balaban J connectivity index is 2.59. The van der Waals surface area contributed by atoms with Gasteiger partial charge in [-0.25, -0.2) is 33.5 Å². The van der Waals surface area contributed by atoms with Crippen molar-refractivity contribution < 1.29 is 33.0 Å². The van der Waals surface area contributed by atoms with Crippen LogP contribution in [0.1, 0.15) is 47.1 Å². The van der Waals surface area contributed by atoms with E-state index in [1.807, 2.05) is 0 Å². The largest absolute Gasteiger partial charge is 0.467 e. The quantitative estimate of drug-likeness (QED) is 0.253. The number of aliphatic hydroxyl groups is 1. The van der Waals surface area contributed by atoms with Gasteiger partial charge < -0.3 is 19.9 Å². The highest BCUT2D eigenvalue weighted by Gasteiger charge is 2.44. The molecule has 11 nitrogen and oxygen atoms in total. The molecule has 0 bridgehead atoms. The van der Waals surface area contributed by atoms with Gasteiger partial charge in [0.1, 0.15) is 41.5 Å². The van der Waals surface area contributed by atoms with Gasteiger partial charge in [0, 0.05) is 11.6 Å². The minimum absolute atomic E-state index is 0.202. The van der Waals surface area contributed by atoms with E-state index in [-0.39, 0.29) is 23.1 Å². The molecule has 3 N–H and O–H groups in total. The third-order valence-corrected chi connectivity index (χ3v) is 5.89. The number of esters is 1. The summed E-state index contributed by atoms with van der Waals surface area (Å²) >= 11 is 5.53. The highest BCUT2D eigenvalue weighted by molar-refractivity contribution is 7.80. The van der Waals surface area contributed by atoms with Gasteiger partial charge >= 0.3 is 12.1 Å². The smallest absolute Gasteiger partial charge is 0.426 e. The van der Waals surface area contributed by atoms with Crippen molar-refractivity contribution in [2.45, 2.75) is 71.4 Å². The average Bonchev–Trinajstić information content (AvgIpc) is 3.31. The maximum absolute atomic E-state index is 15.1. The predicted molar refractivity (Wildman–Crippen MR) is 137 cm³/mol. The molecule has 0 fully saturated rings. The number of benzene rings is 1. The summed E-state index contributed by atoms with van der Waals surface area (Å²) in [7, 11) is 1.22. The van der Waals surface area contributed by atoms with Gasteiger partial charge in [-0.05, 0) is 51.9 Å². The Morgan fingerprint density at radius 2 is 1.89 bits per heavy atom. The van der Waals surface area contributed by atoms with E-state index in [9.17, 15) is 19.1 Å². The molecule has 0 spiro atoms. The van der Waals surface area contributed by atoms with Crippen LogP contribution in [0.4, 0.5) is 13.6 Å². The van der Waals surface area contributed by atoms with E-state index in [0.29, 0.717) is 6.07 Å². The van der Waals surface area contributed by atoms with Crippen LogP contribution in [0.3, 0.4) is 0 Å². The summed E-state index contributed by atoms with van der Waals surface area (Å²) in [6, 6.07) is 0.540. The van der Waals surface area contributed by atoms with Gasteiger partial charge in [-0.1, -0.05) is 19.9 Å². The van der Waals surface area contributed by atoms with E-state index < -0.39 is 47.0 Å². The lowest BCUT2D eigenvalue weighted by atomic mass is 9.86. The van der Waals surface area contributed by atoms with Gasteiger partial charge in [0.15, 0.2) is 5.11 Å². The van der Waals surface area contributed by atoms with Gasteiger partial charge in [-0.2, -0.15) is 5.10 Å². The van der Waals surface area contributed by atoms with Crippen molar-refractivity contribution >= 4 is 29.4 Å². The summed E-state index contributed by atoms with van der Waals surface area (Å²) in [5.41, 5.74) is -0.886. The molecule has 210 valence electrons. The van der Waals surface area contributed by atoms with Gasteiger partial charge in [0.05, 0.1) is 19.7 Å². The fourth-order valence-corrected chi connectivity index (χ4v) is 3.94. The van der Waals surface area contributed by atoms with E-state index in [0.717, 1.165) is 17.1 Å². The van der Waals surface area contributed by atoms with Gasteiger partial charge in [0.2, 0.25) is 0 Å². The second kappa shape index (κ2) is 12.4. The van der Waals surface area contributed by atoms with E-state index >= 15 is 4.39 Å². The molecule has 0 aliphatic heterocycles. The number of aromatic nitrogens is 3. The molecule has 0 aliphatic rings. The van der Waals surface area contributed by atoms with Crippen LogP contribution in [-0.4, -0.2) is 66.8 Å². The number of hydrogen-bond acceptors (Lipinski definition) is 8. The number of amides is 1. The first-order valence-electron chi connectivity index (χ1n) is 11.8. The predicted octanol–water partition coefficient (Wildman–Crippen LogP) is 2.65. The number of methoxy groups -OCH3 is 1. The lowest BCUT2D eigenvalue weighted by Crippen LogP contribution is -2.64. The molecule has 0 radical (unpaired) electrons. The Bertz CT molecular complexity index is 1130.